The lowest BCUT2D eigenvalue weighted by atomic mass is 10.2. The van der Waals surface area contributed by atoms with Crippen LogP contribution in [0.1, 0.15) is 122 Å². The Hall–Kier alpha value is -9.70. The molecule has 0 fully saturated rings. The number of carbonyl (C=O) groups is 4. The molecule has 5 aromatic heterocycles. The highest BCUT2D eigenvalue weighted by atomic mass is 32.2. The molecule has 11 rings (SSSR count). The fourth-order valence-electron chi connectivity index (χ4n) is 10.5. The van der Waals surface area contributed by atoms with Gasteiger partial charge in [0.15, 0.2) is 0 Å². The third-order valence-electron chi connectivity index (χ3n) is 15.2. The molecule has 0 unspecified atom stereocenters. The van der Waals surface area contributed by atoms with Gasteiger partial charge in [0, 0.05) is 112 Å². The van der Waals surface area contributed by atoms with Crippen LogP contribution in [0, 0.1) is 0 Å². The summed E-state index contributed by atoms with van der Waals surface area (Å²) in [7, 11) is 0. The third kappa shape index (κ3) is 35.5. The molecule has 6 aliphatic carbocycles. The monoisotopic (exact) mass is 1560 g/mol. The zero-order valence-electron chi connectivity index (χ0n) is 64.5. The number of thioether (sulfide) groups is 3. The number of nitrogens with one attached hydrogen (secondary N) is 8. The SMILES string of the molecule is CC(C)(C)OC(=O)N[C@H]1C=C[C@@H](O)C1.CC(C)(C)OC(=O)N[C@H]1C=C[C@H](N)C1.CC(C)(C)OC(=O)N[C@H]1C=C[C@H](N=[N+]=[N-])C1.CSc1cnc(N[C@H]2C=C[C@H](N)C2)nc1.CSc1cnc(N[C@H]2C=C[C@H](NC(=O)OC(C)(C)C)C2)nc1.CSc1cnc(N[C@H]2C=C[C@H](Nc3ccc(-n4ccccc4=O)cn3)C2)nc1. The Kier molecular flexibility index (Phi) is 34.7. The van der Waals surface area contributed by atoms with Gasteiger partial charge in [-0.2, -0.15) is 0 Å². The molecule has 4 amide bonds. The Labute approximate surface area is 650 Å². The molecule has 31 nitrogen and oxygen atoms in total. The number of aliphatic hydroxyl groups excluding tert-OH is 1. The Bertz CT molecular complexity index is 3930. The topological polar surface area (TPSA) is 435 Å². The van der Waals surface area contributed by atoms with Crippen LogP contribution in [-0.2, 0) is 18.9 Å². The van der Waals surface area contributed by atoms with Crippen molar-refractivity contribution in [3.8, 4) is 5.69 Å². The van der Waals surface area contributed by atoms with E-state index in [1.807, 2.05) is 161 Å². The number of rotatable bonds is 17. The van der Waals surface area contributed by atoms with Crippen molar-refractivity contribution in [3.05, 3.63) is 174 Å². The van der Waals surface area contributed by atoms with Gasteiger partial charge in [0.1, 0.15) is 28.2 Å². The first-order chi connectivity index (χ1) is 51.5. The van der Waals surface area contributed by atoms with E-state index >= 15 is 0 Å². The predicted octanol–water partition coefficient (Wildman–Crippen LogP) is 11.9. The Morgan fingerprint density at radius 3 is 1.17 bits per heavy atom. The van der Waals surface area contributed by atoms with E-state index in [0.717, 1.165) is 51.9 Å². The summed E-state index contributed by atoms with van der Waals surface area (Å²) in [5, 5.41) is 36.8. The summed E-state index contributed by atoms with van der Waals surface area (Å²) in [5.41, 5.74) is 18.4. The van der Waals surface area contributed by atoms with E-state index in [-0.39, 0.29) is 78.1 Å². The molecule has 34 heteroatoms. The minimum Gasteiger partial charge on any atom is -0.444 e. The van der Waals surface area contributed by atoms with E-state index < -0.39 is 46.8 Å². The molecule has 0 saturated carbocycles. The quantitative estimate of drug-likeness (QED) is 0.0103. The zero-order valence-corrected chi connectivity index (χ0v) is 67.0. The van der Waals surface area contributed by atoms with Gasteiger partial charge in [0.25, 0.3) is 5.56 Å². The van der Waals surface area contributed by atoms with Crippen LogP contribution in [0.15, 0.2) is 177 Å². The van der Waals surface area contributed by atoms with Crippen LogP contribution in [-0.4, -0.2) is 183 Å². The van der Waals surface area contributed by atoms with Gasteiger partial charge in [-0.1, -0.05) is 84.1 Å². The summed E-state index contributed by atoms with van der Waals surface area (Å²) in [6.45, 7) is 21.9. The van der Waals surface area contributed by atoms with E-state index in [1.54, 1.807) is 110 Å². The van der Waals surface area contributed by atoms with Gasteiger partial charge in [-0.3, -0.25) is 9.36 Å². The van der Waals surface area contributed by atoms with E-state index in [9.17, 15) is 24.0 Å². The maximum atomic E-state index is 11.9. The molecule has 0 saturated heterocycles. The number of nitrogens with two attached hydrogens (primary N) is 2. The number of pyridine rings is 2. The molecule has 0 radical (unpaired) electrons. The third-order valence-corrected chi connectivity index (χ3v) is 17.3. The average molecular weight is 1560 g/mol. The number of anilines is 4. The molecule has 0 spiro atoms. The highest BCUT2D eigenvalue weighted by Crippen LogP contribution is 2.24. The number of hydrogen-bond donors (Lipinski definition) is 11. The van der Waals surface area contributed by atoms with Crippen LogP contribution in [0.3, 0.4) is 0 Å². The fraction of sp³-hybridized carbons (Fsp3) is 0.493. The standard InChI is InChI=1S/C20H20N6OS.C15H22N4O2S.C10H16N4O2.C10H14N4S.C10H18N2O2.C10H17NO3/c1-28-17-12-22-20(23-13-17)25-15-6-5-14(10-15)24-18-8-7-16(11-21-18)26-9-3-2-4-19(26)27;1-15(2,3)21-14(20)19-11-6-5-10(7-11)18-13-16-8-12(22-4)9-17-13;1-10(2,3)16-9(15)12-7-4-5-8(6-7)13-14-11;1-15-9-5-12-10(13-6-9)14-8-3-2-7(11)4-8;1-10(2,3)14-9(13)12-8-5-4-7(11)6-8;1-10(2,3)14-9(13)11-7-4-5-8(12)6-7/h2-9,11-15H,10H2,1H3,(H,21,24)(H,22,23,25);5-6,8-11H,7H2,1-4H3,(H,19,20)(H,16,17,18);4-5,7-8H,6H2,1-3H3,(H,12,15);2-3,5-8H,4,11H2,1H3,(H,12,13,14);4-5,7-8H,6,11H2,1-3H3,(H,12,13);4-5,7-8,12H,6H2,1-3H3,(H,11,13)/t14-,15-;10-,11-;3*7-,8-;7-,8+/m000000/s1. The highest BCUT2D eigenvalue weighted by Gasteiger charge is 2.28. The van der Waals surface area contributed by atoms with Gasteiger partial charge in [-0.15, -0.1) is 35.3 Å². The van der Waals surface area contributed by atoms with Crippen LogP contribution in [0.2, 0.25) is 0 Å². The van der Waals surface area contributed by atoms with Crippen molar-refractivity contribution in [1.82, 2.24) is 60.7 Å². The average Bonchev–Trinajstić information content (AvgIpc) is 1.52. The molecule has 109 heavy (non-hydrogen) atoms. The maximum Gasteiger partial charge on any atom is 0.408 e. The van der Waals surface area contributed by atoms with Gasteiger partial charge in [-0.05, 0) is 158 Å². The maximum absolute atomic E-state index is 11.9. The summed E-state index contributed by atoms with van der Waals surface area (Å²) >= 11 is 4.86. The van der Waals surface area contributed by atoms with Crippen molar-refractivity contribution < 1.29 is 43.2 Å². The first-order valence-electron chi connectivity index (χ1n) is 35.6. The first kappa shape index (κ1) is 88.2. The van der Waals surface area contributed by atoms with E-state index in [4.69, 9.17) is 41.1 Å². The molecule has 12 atom stereocenters. The smallest absolute Gasteiger partial charge is 0.408 e. The summed E-state index contributed by atoms with van der Waals surface area (Å²) in [6, 6.07) is 9.31. The Morgan fingerprint density at radius 2 is 0.807 bits per heavy atom. The number of amides is 4. The molecular formula is C75H107N21O10S3. The number of aliphatic hydroxyl groups is 1. The lowest BCUT2D eigenvalue weighted by molar-refractivity contribution is 0.0497. The second-order valence-electron chi connectivity index (χ2n) is 29.6. The summed E-state index contributed by atoms with van der Waals surface area (Å²) < 4.78 is 22.1. The number of aromatic nitrogens is 8. The van der Waals surface area contributed by atoms with Crippen molar-refractivity contribution in [2.75, 3.05) is 40.0 Å². The number of ether oxygens (including phenoxy) is 4. The largest absolute Gasteiger partial charge is 0.444 e. The van der Waals surface area contributed by atoms with Crippen LogP contribution in [0.4, 0.5) is 42.8 Å². The number of nitrogens with zero attached hydrogens (tertiary/aromatic N) is 11. The number of azide groups is 1. The Morgan fingerprint density at radius 1 is 0.459 bits per heavy atom. The van der Waals surface area contributed by atoms with E-state index in [2.05, 4.69) is 106 Å². The zero-order chi connectivity index (χ0) is 79.9. The number of hydrogen-bond acceptors (Lipinski definition) is 27. The van der Waals surface area contributed by atoms with Gasteiger partial charge in [0.2, 0.25) is 17.8 Å². The van der Waals surface area contributed by atoms with Crippen molar-refractivity contribution in [2.24, 2.45) is 16.6 Å². The van der Waals surface area contributed by atoms with Crippen LogP contribution in [0.25, 0.3) is 16.1 Å². The number of alkyl carbamates (subject to hydrolysis) is 4. The van der Waals surface area contributed by atoms with Crippen molar-refractivity contribution >= 4 is 83.3 Å². The van der Waals surface area contributed by atoms with E-state index in [0.29, 0.717) is 30.7 Å². The van der Waals surface area contributed by atoms with Crippen LogP contribution in [0.5, 0.6) is 0 Å². The lowest BCUT2D eigenvalue weighted by Gasteiger charge is -2.21. The van der Waals surface area contributed by atoms with E-state index in [1.165, 1.54) is 6.07 Å². The first-order valence-corrected chi connectivity index (χ1v) is 39.3. The predicted molar refractivity (Wildman–Crippen MR) is 431 cm³/mol. The minimum atomic E-state index is -0.503. The fourth-order valence-corrected chi connectivity index (χ4v) is 11.4. The summed E-state index contributed by atoms with van der Waals surface area (Å²) in [6.07, 6.45) is 45.6. The molecule has 6 aliphatic rings. The highest BCUT2D eigenvalue weighted by molar-refractivity contribution is 7.99. The molecule has 0 aliphatic heterocycles. The van der Waals surface area contributed by atoms with Crippen LogP contribution >= 0.6 is 35.3 Å². The van der Waals surface area contributed by atoms with Gasteiger partial charge in [-0.25, -0.2) is 54.1 Å². The van der Waals surface area contributed by atoms with Crippen molar-refractivity contribution in [3.63, 3.8) is 0 Å². The van der Waals surface area contributed by atoms with Crippen LogP contribution < -0.4 is 59.6 Å². The second kappa shape index (κ2) is 42.9. The normalized spacial score (nSPS) is 22.4. The van der Waals surface area contributed by atoms with Crippen molar-refractivity contribution in [1.29, 1.82) is 0 Å². The number of carbonyl (C=O) groups excluding carboxylic acids is 4. The lowest BCUT2D eigenvalue weighted by Crippen LogP contribution is -2.38. The second-order valence-corrected chi connectivity index (χ2v) is 32.2. The van der Waals surface area contributed by atoms with Crippen molar-refractivity contribution in [2.45, 2.75) is 231 Å². The molecule has 590 valence electrons. The molecule has 13 N–H and O–H groups in total. The van der Waals surface area contributed by atoms with Gasteiger partial charge >= 0.3 is 24.4 Å². The van der Waals surface area contributed by atoms with Gasteiger partial charge in [0.05, 0.1) is 48.2 Å². The molecular weight excluding hydrogens is 1450 g/mol. The Balaban J connectivity index is 0.000000209. The molecule has 5 heterocycles. The summed E-state index contributed by atoms with van der Waals surface area (Å²) in [5.74, 6) is 2.65. The molecule has 0 bridgehead atoms. The molecule has 5 aromatic rings. The summed E-state index contributed by atoms with van der Waals surface area (Å²) in [4.78, 5) is 93.5. The minimum absolute atomic E-state index is 0.0137. The van der Waals surface area contributed by atoms with Gasteiger partial charge < -0.3 is 78.1 Å². The molecule has 0 aromatic carbocycles.